The van der Waals surface area contributed by atoms with Gasteiger partial charge in [0.15, 0.2) is 0 Å². The monoisotopic (exact) mass is 271 g/mol. The number of carbonyl (C=O) groups is 1. The first-order valence-corrected chi connectivity index (χ1v) is 6.79. The van der Waals surface area contributed by atoms with E-state index in [-0.39, 0.29) is 11.8 Å². The summed E-state index contributed by atoms with van der Waals surface area (Å²) in [5.41, 5.74) is 2.20. The molecule has 5 heteroatoms. The van der Waals surface area contributed by atoms with E-state index in [2.05, 4.69) is 15.5 Å². The molecule has 2 N–H and O–H groups in total. The highest BCUT2D eigenvalue weighted by atomic mass is 16.5. The van der Waals surface area contributed by atoms with Gasteiger partial charge >= 0.3 is 0 Å². The lowest BCUT2D eigenvalue weighted by atomic mass is 9.96. The van der Waals surface area contributed by atoms with Crippen molar-refractivity contribution in [2.24, 2.45) is 5.92 Å². The van der Waals surface area contributed by atoms with Gasteiger partial charge in [0.1, 0.15) is 12.4 Å². The third-order valence-corrected chi connectivity index (χ3v) is 3.52. The number of hydrogen-bond acceptors (Lipinski definition) is 3. The number of H-pyrrole nitrogens is 1. The topological polar surface area (TPSA) is 67.0 Å². The minimum atomic E-state index is -0.103. The van der Waals surface area contributed by atoms with Gasteiger partial charge in [-0.05, 0) is 30.0 Å². The lowest BCUT2D eigenvalue weighted by molar-refractivity contribution is -0.126. The van der Waals surface area contributed by atoms with Crippen LogP contribution in [0, 0.1) is 5.92 Å². The summed E-state index contributed by atoms with van der Waals surface area (Å²) >= 11 is 0. The molecule has 0 spiro atoms. The van der Waals surface area contributed by atoms with Crippen LogP contribution in [0.3, 0.4) is 0 Å². The Morgan fingerprint density at radius 3 is 3.20 bits per heavy atom. The van der Waals surface area contributed by atoms with Crippen molar-refractivity contribution < 1.29 is 9.53 Å². The molecule has 1 amide bonds. The molecule has 1 aliphatic heterocycles. The van der Waals surface area contributed by atoms with Crippen LogP contribution in [0.5, 0.6) is 5.75 Å². The molecule has 0 fully saturated rings. The summed E-state index contributed by atoms with van der Waals surface area (Å²) in [5.74, 6) is 0.854. The molecule has 0 radical (unpaired) electrons. The summed E-state index contributed by atoms with van der Waals surface area (Å²) in [6.07, 6.45) is 5.14. The predicted octanol–water partition coefficient (Wildman–Crippen LogP) is 1.32. The molecule has 1 atom stereocenters. The molecule has 3 rings (SSSR count). The fourth-order valence-electron chi connectivity index (χ4n) is 2.39. The van der Waals surface area contributed by atoms with Crippen molar-refractivity contribution in [3.05, 3.63) is 47.8 Å². The van der Waals surface area contributed by atoms with Gasteiger partial charge in [0.2, 0.25) is 5.91 Å². The predicted molar refractivity (Wildman–Crippen MR) is 74.4 cm³/mol. The van der Waals surface area contributed by atoms with Crippen LogP contribution in [0.2, 0.25) is 0 Å². The average Bonchev–Trinajstić information content (AvgIpc) is 3.00. The molecular weight excluding hydrogens is 254 g/mol. The Bertz CT molecular complexity index is 581. The Balaban J connectivity index is 1.51. The van der Waals surface area contributed by atoms with Crippen molar-refractivity contribution in [3.8, 4) is 5.75 Å². The molecule has 2 heterocycles. The van der Waals surface area contributed by atoms with E-state index in [1.54, 1.807) is 6.20 Å². The fourth-order valence-corrected chi connectivity index (χ4v) is 2.39. The van der Waals surface area contributed by atoms with Crippen molar-refractivity contribution in [1.29, 1.82) is 0 Å². The second-order valence-corrected chi connectivity index (χ2v) is 4.97. The zero-order valence-corrected chi connectivity index (χ0v) is 11.1. The first-order chi connectivity index (χ1) is 9.83. The first-order valence-electron chi connectivity index (χ1n) is 6.79. The van der Waals surface area contributed by atoms with Crippen molar-refractivity contribution in [3.63, 3.8) is 0 Å². The van der Waals surface area contributed by atoms with Crippen LogP contribution < -0.4 is 10.1 Å². The van der Waals surface area contributed by atoms with Gasteiger partial charge in [-0.2, -0.15) is 5.10 Å². The molecule has 1 aromatic carbocycles. The van der Waals surface area contributed by atoms with Gasteiger partial charge in [-0.1, -0.05) is 18.2 Å². The number of ether oxygens (including phenoxy) is 1. The van der Waals surface area contributed by atoms with E-state index in [1.807, 2.05) is 30.5 Å². The average molecular weight is 271 g/mol. The number of fused-ring (bicyclic) bond motifs is 1. The van der Waals surface area contributed by atoms with Crippen molar-refractivity contribution in [1.82, 2.24) is 15.5 Å². The number of carbonyl (C=O) groups excluding carboxylic acids is 1. The summed E-state index contributed by atoms with van der Waals surface area (Å²) in [6, 6.07) is 7.88. The number of aromatic nitrogens is 2. The number of hydrogen-bond donors (Lipinski definition) is 2. The molecule has 0 saturated carbocycles. The highest BCUT2D eigenvalue weighted by Crippen LogP contribution is 2.26. The normalized spacial score (nSPS) is 17.1. The highest BCUT2D eigenvalue weighted by molar-refractivity contribution is 5.79. The van der Waals surface area contributed by atoms with Crippen LogP contribution in [0.4, 0.5) is 0 Å². The summed E-state index contributed by atoms with van der Waals surface area (Å²) < 4.78 is 5.63. The van der Waals surface area contributed by atoms with Gasteiger partial charge in [0.25, 0.3) is 0 Å². The van der Waals surface area contributed by atoms with Gasteiger partial charge < -0.3 is 10.1 Å². The Kier molecular flexibility index (Phi) is 3.67. The van der Waals surface area contributed by atoms with E-state index in [1.165, 1.54) is 0 Å². The maximum Gasteiger partial charge on any atom is 0.226 e. The molecular formula is C15H17N3O2. The molecule has 2 aromatic rings. The highest BCUT2D eigenvalue weighted by Gasteiger charge is 2.25. The third kappa shape index (κ3) is 2.82. The van der Waals surface area contributed by atoms with E-state index in [0.717, 1.165) is 29.7 Å². The smallest absolute Gasteiger partial charge is 0.226 e. The first kappa shape index (κ1) is 12.7. The largest absolute Gasteiger partial charge is 0.492 e. The van der Waals surface area contributed by atoms with Crippen LogP contribution >= 0.6 is 0 Å². The molecule has 1 aliphatic rings. The molecule has 104 valence electrons. The van der Waals surface area contributed by atoms with Crippen molar-refractivity contribution >= 4 is 5.91 Å². The summed E-state index contributed by atoms with van der Waals surface area (Å²) in [4.78, 5) is 12.1. The van der Waals surface area contributed by atoms with E-state index >= 15 is 0 Å². The Hall–Kier alpha value is -2.30. The molecule has 0 bridgehead atoms. The zero-order valence-electron chi connectivity index (χ0n) is 11.1. The molecule has 0 saturated heterocycles. The van der Waals surface area contributed by atoms with E-state index < -0.39 is 0 Å². The van der Waals surface area contributed by atoms with Crippen LogP contribution in [0.25, 0.3) is 0 Å². The fraction of sp³-hybridized carbons (Fsp3) is 0.333. The lowest BCUT2D eigenvalue weighted by Gasteiger charge is -2.24. The van der Waals surface area contributed by atoms with E-state index in [9.17, 15) is 4.79 Å². The summed E-state index contributed by atoms with van der Waals surface area (Å²) in [7, 11) is 0. The van der Waals surface area contributed by atoms with Crippen LogP contribution in [-0.4, -0.2) is 29.3 Å². The van der Waals surface area contributed by atoms with Crippen LogP contribution in [-0.2, 0) is 17.6 Å². The standard InChI is InChI=1S/C15H17N3O2/c19-15(16-6-5-11-8-17-18-9-11)13-7-12-3-1-2-4-14(12)20-10-13/h1-4,8-9,13H,5-7,10H2,(H,16,19)(H,17,18)/t13-/m1/s1. The Morgan fingerprint density at radius 2 is 2.35 bits per heavy atom. The SMILES string of the molecule is O=C(NCCc1cn[nH]c1)[C@H]1COc2ccccc2C1. The van der Waals surface area contributed by atoms with Gasteiger partial charge in [-0.15, -0.1) is 0 Å². The van der Waals surface area contributed by atoms with E-state index in [0.29, 0.717) is 13.2 Å². The van der Waals surface area contributed by atoms with Gasteiger partial charge in [0, 0.05) is 12.7 Å². The zero-order chi connectivity index (χ0) is 13.8. The van der Waals surface area contributed by atoms with E-state index in [4.69, 9.17) is 4.74 Å². The van der Waals surface area contributed by atoms with Crippen molar-refractivity contribution in [2.75, 3.05) is 13.2 Å². The lowest BCUT2D eigenvalue weighted by Crippen LogP contribution is -2.38. The molecule has 0 aliphatic carbocycles. The van der Waals surface area contributed by atoms with Gasteiger partial charge in [-0.25, -0.2) is 0 Å². The van der Waals surface area contributed by atoms with Gasteiger partial charge in [-0.3, -0.25) is 9.89 Å². The number of rotatable bonds is 4. The van der Waals surface area contributed by atoms with Crippen molar-refractivity contribution in [2.45, 2.75) is 12.8 Å². The number of para-hydroxylation sites is 1. The second kappa shape index (κ2) is 5.77. The maximum atomic E-state index is 12.1. The number of amides is 1. The quantitative estimate of drug-likeness (QED) is 0.881. The Labute approximate surface area is 117 Å². The molecule has 20 heavy (non-hydrogen) atoms. The number of nitrogens with one attached hydrogen (secondary N) is 2. The minimum absolute atomic E-state index is 0.0583. The molecule has 5 nitrogen and oxygen atoms in total. The Morgan fingerprint density at radius 1 is 1.45 bits per heavy atom. The maximum absolute atomic E-state index is 12.1. The molecule has 0 unspecified atom stereocenters. The second-order valence-electron chi connectivity index (χ2n) is 4.97. The minimum Gasteiger partial charge on any atom is -0.492 e. The van der Waals surface area contributed by atoms with Gasteiger partial charge in [0.05, 0.1) is 12.1 Å². The molecule has 1 aromatic heterocycles. The number of nitrogens with zero attached hydrogens (tertiary/aromatic N) is 1. The summed E-state index contributed by atoms with van der Waals surface area (Å²) in [6.45, 7) is 1.07. The van der Waals surface area contributed by atoms with Crippen LogP contribution in [0.1, 0.15) is 11.1 Å². The number of aromatic amines is 1. The summed E-state index contributed by atoms with van der Waals surface area (Å²) in [5, 5.41) is 9.60. The van der Waals surface area contributed by atoms with Crippen LogP contribution in [0.15, 0.2) is 36.7 Å². The number of benzene rings is 1. The third-order valence-electron chi connectivity index (χ3n) is 3.52.